The number of alkyl halides is 5. The number of rotatable bonds is 4. The van der Waals surface area contributed by atoms with Crippen molar-refractivity contribution in [2.24, 2.45) is 0 Å². The van der Waals surface area contributed by atoms with Crippen LogP contribution in [0.2, 0.25) is 0 Å². The minimum atomic E-state index is -4.39. The van der Waals surface area contributed by atoms with Crippen molar-refractivity contribution in [2.45, 2.75) is 43.9 Å². The summed E-state index contributed by atoms with van der Waals surface area (Å²) in [6.07, 6.45) is -4.63. The van der Waals surface area contributed by atoms with Crippen molar-refractivity contribution in [3.8, 4) is 0 Å². The zero-order valence-electron chi connectivity index (χ0n) is 12.8. The van der Waals surface area contributed by atoms with Gasteiger partial charge in [0.25, 0.3) is 5.92 Å². The summed E-state index contributed by atoms with van der Waals surface area (Å²) in [5.41, 5.74) is -0.120. The molecule has 1 aromatic rings. The molecule has 1 saturated heterocycles. The zero-order chi connectivity index (χ0) is 17.3. The Morgan fingerprint density at radius 3 is 2.38 bits per heavy atom. The third-order valence-electron chi connectivity index (χ3n) is 3.64. The molecule has 1 aliphatic rings. The summed E-state index contributed by atoms with van der Waals surface area (Å²) in [5.74, 6) is -3.42. The molecule has 1 amide bonds. The second-order valence-electron chi connectivity index (χ2n) is 5.80. The number of hydrogen-bond acceptors (Lipinski definition) is 2. The topological polar surface area (TPSA) is 41.1 Å². The Labute approximate surface area is 142 Å². The Morgan fingerprint density at radius 1 is 1.33 bits per heavy atom. The lowest BCUT2D eigenvalue weighted by Crippen LogP contribution is -2.44. The quantitative estimate of drug-likeness (QED) is 0.797. The van der Waals surface area contributed by atoms with Crippen LogP contribution in [0.1, 0.15) is 24.5 Å². The monoisotopic (exact) mass is 372 g/mol. The van der Waals surface area contributed by atoms with Gasteiger partial charge in [-0.2, -0.15) is 13.2 Å². The summed E-state index contributed by atoms with van der Waals surface area (Å²) in [4.78, 5) is 11.9. The van der Waals surface area contributed by atoms with Gasteiger partial charge in [0.2, 0.25) is 5.91 Å². The molecule has 1 heterocycles. The van der Waals surface area contributed by atoms with E-state index in [9.17, 15) is 26.7 Å². The van der Waals surface area contributed by atoms with Gasteiger partial charge in [-0.3, -0.25) is 10.1 Å². The van der Waals surface area contributed by atoms with Crippen LogP contribution in [0.3, 0.4) is 0 Å². The van der Waals surface area contributed by atoms with Gasteiger partial charge < -0.3 is 5.32 Å². The highest BCUT2D eigenvalue weighted by atomic mass is 35.5. The van der Waals surface area contributed by atoms with E-state index in [-0.39, 0.29) is 18.4 Å². The molecule has 1 aromatic carbocycles. The molecule has 2 atom stereocenters. The van der Waals surface area contributed by atoms with Gasteiger partial charge in [-0.1, -0.05) is 12.1 Å². The fourth-order valence-electron chi connectivity index (χ4n) is 2.48. The first-order valence-electron chi connectivity index (χ1n) is 7.14. The van der Waals surface area contributed by atoms with Gasteiger partial charge in [-0.05, 0) is 31.0 Å². The SMILES string of the molecule is CC(Cc1ccc(C(F)(F)F)cc1)NC(=O)C1CC(F)(F)CN1.Cl. The first-order chi connectivity index (χ1) is 10.6. The van der Waals surface area contributed by atoms with E-state index in [0.717, 1.165) is 12.1 Å². The molecule has 1 aliphatic heterocycles. The van der Waals surface area contributed by atoms with Gasteiger partial charge >= 0.3 is 6.18 Å². The standard InChI is InChI=1S/C15H17F5N2O.ClH/c1-9(22-13(23)12-7-14(16,17)8-21-12)6-10-2-4-11(5-3-10)15(18,19)20;/h2-5,9,12,21H,6-8H2,1H3,(H,22,23);1H. The Morgan fingerprint density at radius 2 is 1.92 bits per heavy atom. The first-order valence-corrected chi connectivity index (χ1v) is 7.14. The largest absolute Gasteiger partial charge is 0.416 e. The normalized spacial score (nSPS) is 21.0. The van der Waals surface area contributed by atoms with E-state index in [1.807, 2.05) is 0 Å². The molecule has 0 radical (unpaired) electrons. The van der Waals surface area contributed by atoms with Crippen molar-refractivity contribution in [3.63, 3.8) is 0 Å². The molecule has 1 fully saturated rings. The van der Waals surface area contributed by atoms with Crippen molar-refractivity contribution in [1.29, 1.82) is 0 Å². The van der Waals surface area contributed by atoms with E-state index in [0.29, 0.717) is 12.0 Å². The van der Waals surface area contributed by atoms with Gasteiger partial charge in [0.05, 0.1) is 18.2 Å². The van der Waals surface area contributed by atoms with Crippen LogP contribution < -0.4 is 10.6 Å². The minimum Gasteiger partial charge on any atom is -0.352 e. The molecule has 9 heteroatoms. The molecule has 0 aromatic heterocycles. The van der Waals surface area contributed by atoms with Gasteiger partial charge in [-0.25, -0.2) is 8.78 Å². The van der Waals surface area contributed by atoms with E-state index in [1.54, 1.807) is 6.92 Å². The van der Waals surface area contributed by atoms with E-state index >= 15 is 0 Å². The van der Waals surface area contributed by atoms with Crippen molar-refractivity contribution in [1.82, 2.24) is 10.6 Å². The van der Waals surface area contributed by atoms with Crippen LogP contribution >= 0.6 is 12.4 Å². The Kier molecular flexibility index (Phi) is 6.58. The Hall–Kier alpha value is -1.41. The Bertz CT molecular complexity index is 562. The van der Waals surface area contributed by atoms with Gasteiger partial charge in [0.15, 0.2) is 0 Å². The second kappa shape index (κ2) is 7.65. The molecular formula is C15H18ClF5N2O. The number of benzene rings is 1. The van der Waals surface area contributed by atoms with Crippen LogP contribution in [0.4, 0.5) is 22.0 Å². The maximum atomic E-state index is 13.0. The van der Waals surface area contributed by atoms with Crippen LogP contribution in [-0.4, -0.2) is 30.5 Å². The lowest BCUT2D eigenvalue weighted by molar-refractivity contribution is -0.137. The number of hydrogen-bond donors (Lipinski definition) is 2. The van der Waals surface area contributed by atoms with E-state index in [4.69, 9.17) is 0 Å². The Balaban J connectivity index is 0.00000288. The molecule has 24 heavy (non-hydrogen) atoms. The van der Waals surface area contributed by atoms with Crippen molar-refractivity contribution >= 4 is 18.3 Å². The summed E-state index contributed by atoms with van der Waals surface area (Å²) in [7, 11) is 0. The summed E-state index contributed by atoms with van der Waals surface area (Å²) in [6.45, 7) is 1.14. The third kappa shape index (κ3) is 5.59. The smallest absolute Gasteiger partial charge is 0.352 e. The van der Waals surface area contributed by atoms with Crippen LogP contribution in [0.5, 0.6) is 0 Å². The molecule has 2 N–H and O–H groups in total. The van der Waals surface area contributed by atoms with Crippen LogP contribution in [0.25, 0.3) is 0 Å². The highest BCUT2D eigenvalue weighted by Crippen LogP contribution is 2.29. The molecular weight excluding hydrogens is 355 g/mol. The second-order valence-corrected chi connectivity index (χ2v) is 5.80. The number of halogens is 6. The van der Waals surface area contributed by atoms with Crippen molar-refractivity contribution in [2.75, 3.05) is 6.54 Å². The summed E-state index contributed by atoms with van der Waals surface area (Å²) in [6, 6.07) is 3.31. The molecule has 0 aliphatic carbocycles. The van der Waals surface area contributed by atoms with Crippen molar-refractivity contribution in [3.05, 3.63) is 35.4 Å². The molecule has 2 unspecified atom stereocenters. The predicted molar refractivity (Wildman–Crippen MR) is 81.4 cm³/mol. The maximum Gasteiger partial charge on any atom is 0.416 e. The lowest BCUT2D eigenvalue weighted by atomic mass is 10.0. The van der Waals surface area contributed by atoms with Gasteiger partial charge in [-0.15, -0.1) is 12.4 Å². The lowest BCUT2D eigenvalue weighted by Gasteiger charge is -2.17. The molecule has 0 saturated carbocycles. The predicted octanol–water partition coefficient (Wildman–Crippen LogP) is 3.17. The molecule has 2 rings (SSSR count). The van der Waals surface area contributed by atoms with Gasteiger partial charge in [0, 0.05) is 12.5 Å². The number of carbonyl (C=O) groups excluding carboxylic acids is 1. The highest BCUT2D eigenvalue weighted by molar-refractivity contribution is 5.85. The van der Waals surface area contributed by atoms with Gasteiger partial charge in [0.1, 0.15) is 0 Å². The fraction of sp³-hybridized carbons (Fsp3) is 0.533. The van der Waals surface area contributed by atoms with E-state index in [2.05, 4.69) is 10.6 Å². The van der Waals surface area contributed by atoms with Crippen molar-refractivity contribution < 1.29 is 26.7 Å². The number of amides is 1. The minimum absolute atomic E-state index is 0. The summed E-state index contributed by atoms with van der Waals surface area (Å²) in [5, 5.41) is 5.05. The molecule has 0 bridgehead atoms. The molecule has 0 spiro atoms. The van der Waals surface area contributed by atoms with E-state index in [1.165, 1.54) is 12.1 Å². The third-order valence-corrected chi connectivity index (χ3v) is 3.64. The van der Waals surface area contributed by atoms with Crippen LogP contribution in [0, 0.1) is 0 Å². The highest BCUT2D eigenvalue weighted by Gasteiger charge is 2.42. The molecule has 3 nitrogen and oxygen atoms in total. The average molecular weight is 373 g/mol. The van der Waals surface area contributed by atoms with E-state index < -0.39 is 42.6 Å². The van der Waals surface area contributed by atoms with Crippen LogP contribution in [-0.2, 0) is 17.4 Å². The zero-order valence-corrected chi connectivity index (χ0v) is 13.6. The number of nitrogens with one attached hydrogen (secondary N) is 2. The maximum absolute atomic E-state index is 13.0. The first kappa shape index (κ1) is 20.6. The number of carbonyl (C=O) groups is 1. The summed E-state index contributed by atoms with van der Waals surface area (Å²) < 4.78 is 63.5. The average Bonchev–Trinajstić information content (AvgIpc) is 2.78. The van der Waals surface area contributed by atoms with Crippen LogP contribution in [0.15, 0.2) is 24.3 Å². The fourth-order valence-corrected chi connectivity index (χ4v) is 2.48. The molecule has 136 valence electrons. The summed E-state index contributed by atoms with van der Waals surface area (Å²) >= 11 is 0.